The predicted molar refractivity (Wildman–Crippen MR) is 87.3 cm³/mol. The van der Waals surface area contributed by atoms with Crippen LogP contribution in [-0.4, -0.2) is 34.9 Å². The molecular weight excluding hydrogens is 282 g/mol. The maximum atomic E-state index is 12.2. The number of rotatable bonds is 5. The molecule has 0 fully saturated rings. The quantitative estimate of drug-likeness (QED) is 0.851. The summed E-state index contributed by atoms with van der Waals surface area (Å²) in [6.45, 7) is 0. The molecular formula is C17H19NO2S. The Morgan fingerprint density at radius 2 is 1.62 bits per heavy atom. The molecule has 0 aliphatic carbocycles. The summed E-state index contributed by atoms with van der Waals surface area (Å²) in [7, 11) is 2.16. The molecule has 0 aromatic heterocycles. The van der Waals surface area contributed by atoms with Crippen molar-refractivity contribution < 1.29 is 9.00 Å². The van der Waals surface area contributed by atoms with Gasteiger partial charge in [0.15, 0.2) is 0 Å². The fourth-order valence-corrected chi connectivity index (χ4v) is 3.27. The zero-order valence-electron chi connectivity index (χ0n) is 12.3. The lowest BCUT2D eigenvalue weighted by Crippen LogP contribution is -2.27. The summed E-state index contributed by atoms with van der Waals surface area (Å²) in [6, 6.07) is 17.9. The van der Waals surface area contributed by atoms with Gasteiger partial charge < -0.3 is 4.90 Å². The first-order chi connectivity index (χ1) is 10.1. The predicted octanol–water partition coefficient (Wildman–Crippen LogP) is 2.69. The fourth-order valence-electron chi connectivity index (χ4n) is 2.04. The molecule has 0 bridgehead atoms. The van der Waals surface area contributed by atoms with Crippen LogP contribution in [0.2, 0.25) is 0 Å². The molecule has 1 amide bonds. The Morgan fingerprint density at radius 1 is 1.00 bits per heavy atom. The van der Waals surface area contributed by atoms with Crippen LogP contribution in [0.4, 0.5) is 0 Å². The largest absolute Gasteiger partial charge is 0.348 e. The summed E-state index contributed by atoms with van der Waals surface area (Å²) >= 11 is 0. The van der Waals surface area contributed by atoms with Crippen molar-refractivity contribution in [1.29, 1.82) is 0 Å². The van der Waals surface area contributed by atoms with E-state index in [0.29, 0.717) is 5.75 Å². The molecule has 4 heteroatoms. The molecule has 2 rings (SSSR count). The second-order valence-corrected chi connectivity index (χ2v) is 6.50. The number of benzene rings is 2. The molecule has 2 aromatic rings. The summed E-state index contributed by atoms with van der Waals surface area (Å²) in [5.41, 5.74) is 3.18. The molecule has 2 aromatic carbocycles. The van der Waals surface area contributed by atoms with Crippen LogP contribution in [-0.2, 0) is 21.3 Å². The monoisotopic (exact) mass is 301 g/mol. The molecule has 0 heterocycles. The van der Waals surface area contributed by atoms with Crippen molar-refractivity contribution in [3.05, 3.63) is 60.2 Å². The van der Waals surface area contributed by atoms with E-state index in [9.17, 15) is 9.00 Å². The topological polar surface area (TPSA) is 37.4 Å². The van der Waals surface area contributed by atoms with Crippen LogP contribution in [0, 0.1) is 0 Å². The van der Waals surface area contributed by atoms with Gasteiger partial charge in [0.2, 0.25) is 5.91 Å². The first kappa shape index (κ1) is 15.4. The van der Waals surface area contributed by atoms with Crippen molar-refractivity contribution >= 4 is 16.7 Å². The van der Waals surface area contributed by atoms with Crippen molar-refractivity contribution in [3.8, 4) is 11.1 Å². The molecule has 0 N–H and O–H groups in total. The van der Waals surface area contributed by atoms with Gasteiger partial charge >= 0.3 is 0 Å². The summed E-state index contributed by atoms with van der Waals surface area (Å²) < 4.78 is 12.2. The number of hydrogen-bond acceptors (Lipinski definition) is 2. The molecule has 0 saturated carbocycles. The van der Waals surface area contributed by atoms with E-state index in [2.05, 4.69) is 0 Å². The average Bonchev–Trinajstić information content (AvgIpc) is 2.48. The summed E-state index contributed by atoms with van der Waals surface area (Å²) in [6.07, 6.45) is 0. The molecule has 21 heavy (non-hydrogen) atoms. The Balaban J connectivity index is 2.18. The normalized spacial score (nSPS) is 11.9. The highest BCUT2D eigenvalue weighted by molar-refractivity contribution is 7.84. The maximum Gasteiger partial charge on any atom is 0.234 e. The van der Waals surface area contributed by atoms with E-state index in [4.69, 9.17) is 0 Å². The van der Waals surface area contributed by atoms with Gasteiger partial charge in [-0.05, 0) is 16.7 Å². The van der Waals surface area contributed by atoms with Gasteiger partial charge in [0.1, 0.15) is 5.75 Å². The Kier molecular flexibility index (Phi) is 5.28. The van der Waals surface area contributed by atoms with E-state index in [1.807, 2.05) is 54.6 Å². The maximum absolute atomic E-state index is 12.2. The highest BCUT2D eigenvalue weighted by atomic mass is 32.2. The first-order valence-corrected chi connectivity index (χ1v) is 8.25. The van der Waals surface area contributed by atoms with Gasteiger partial charge in [0, 0.05) is 30.6 Å². The van der Waals surface area contributed by atoms with Crippen LogP contribution in [0.25, 0.3) is 11.1 Å². The molecule has 0 aliphatic heterocycles. The Morgan fingerprint density at radius 3 is 2.29 bits per heavy atom. The second-order valence-electron chi connectivity index (χ2n) is 5.04. The molecule has 0 saturated heterocycles. The van der Waals surface area contributed by atoms with E-state index in [1.165, 1.54) is 4.90 Å². The number of carbonyl (C=O) groups excluding carboxylic acids is 1. The Labute approximate surface area is 128 Å². The number of nitrogens with zero attached hydrogens (tertiary/aromatic N) is 1. The zero-order chi connectivity index (χ0) is 15.2. The fraction of sp³-hybridized carbons (Fsp3) is 0.235. The molecule has 1 unspecified atom stereocenters. The van der Waals surface area contributed by atoms with Gasteiger partial charge in [-0.25, -0.2) is 0 Å². The van der Waals surface area contributed by atoms with Crippen molar-refractivity contribution in [2.75, 3.05) is 19.8 Å². The van der Waals surface area contributed by atoms with E-state index in [-0.39, 0.29) is 11.7 Å². The zero-order valence-corrected chi connectivity index (χ0v) is 13.1. The Bertz CT molecular complexity index is 638. The molecule has 3 nitrogen and oxygen atoms in total. The van der Waals surface area contributed by atoms with Gasteiger partial charge in [-0.2, -0.15) is 0 Å². The minimum atomic E-state index is -1.20. The summed E-state index contributed by atoms with van der Waals surface area (Å²) in [5.74, 6) is 0.353. The van der Waals surface area contributed by atoms with Gasteiger partial charge in [-0.1, -0.05) is 54.6 Å². The SMILES string of the molecule is CN(C)C(=O)CS(=O)Cc1ccccc1-c1ccccc1. The lowest BCUT2D eigenvalue weighted by Gasteiger charge is -2.12. The van der Waals surface area contributed by atoms with Crippen LogP contribution < -0.4 is 0 Å². The van der Waals surface area contributed by atoms with Gasteiger partial charge in [0.25, 0.3) is 0 Å². The van der Waals surface area contributed by atoms with Crippen molar-refractivity contribution in [1.82, 2.24) is 4.90 Å². The van der Waals surface area contributed by atoms with Crippen molar-refractivity contribution in [3.63, 3.8) is 0 Å². The van der Waals surface area contributed by atoms with Gasteiger partial charge in [-0.3, -0.25) is 9.00 Å². The minimum absolute atomic E-state index is 0.0656. The van der Waals surface area contributed by atoms with E-state index >= 15 is 0 Å². The minimum Gasteiger partial charge on any atom is -0.348 e. The van der Waals surface area contributed by atoms with Crippen LogP contribution in [0.5, 0.6) is 0 Å². The number of amides is 1. The average molecular weight is 301 g/mol. The molecule has 0 spiro atoms. The van der Waals surface area contributed by atoms with Crippen LogP contribution >= 0.6 is 0 Å². The second kappa shape index (κ2) is 7.18. The number of hydrogen-bond donors (Lipinski definition) is 0. The standard InChI is InChI=1S/C17H19NO2S/c1-18(2)17(19)13-21(20)12-15-10-6-7-11-16(15)14-8-4-3-5-9-14/h3-11H,12-13H2,1-2H3. The summed E-state index contributed by atoms with van der Waals surface area (Å²) in [5, 5.41) is 0. The van der Waals surface area contributed by atoms with Gasteiger partial charge in [-0.15, -0.1) is 0 Å². The third-order valence-electron chi connectivity index (χ3n) is 3.20. The van der Waals surface area contributed by atoms with E-state index in [1.54, 1.807) is 14.1 Å². The molecule has 0 radical (unpaired) electrons. The van der Waals surface area contributed by atoms with Crippen molar-refractivity contribution in [2.24, 2.45) is 0 Å². The number of carbonyl (C=O) groups is 1. The van der Waals surface area contributed by atoms with Crippen LogP contribution in [0.15, 0.2) is 54.6 Å². The lowest BCUT2D eigenvalue weighted by molar-refractivity contribution is -0.125. The van der Waals surface area contributed by atoms with Crippen LogP contribution in [0.3, 0.4) is 0 Å². The van der Waals surface area contributed by atoms with E-state index in [0.717, 1.165) is 16.7 Å². The highest BCUT2D eigenvalue weighted by Gasteiger charge is 2.12. The first-order valence-electron chi connectivity index (χ1n) is 6.76. The van der Waals surface area contributed by atoms with E-state index < -0.39 is 10.8 Å². The third-order valence-corrected chi connectivity index (χ3v) is 4.40. The highest BCUT2D eigenvalue weighted by Crippen LogP contribution is 2.24. The van der Waals surface area contributed by atoms with Crippen LogP contribution in [0.1, 0.15) is 5.56 Å². The smallest absolute Gasteiger partial charge is 0.234 e. The molecule has 0 aliphatic rings. The Hall–Kier alpha value is -1.94. The van der Waals surface area contributed by atoms with Gasteiger partial charge in [0.05, 0.1) is 0 Å². The summed E-state index contributed by atoms with van der Waals surface area (Å²) in [4.78, 5) is 13.1. The third kappa shape index (κ3) is 4.26. The molecule has 110 valence electrons. The molecule has 1 atom stereocenters. The van der Waals surface area contributed by atoms with Crippen molar-refractivity contribution in [2.45, 2.75) is 5.75 Å². The lowest BCUT2D eigenvalue weighted by atomic mass is 10.0.